The first-order valence-corrected chi connectivity index (χ1v) is 10.3. The number of aromatic hydroxyl groups is 1. The zero-order chi connectivity index (χ0) is 21.8. The summed E-state index contributed by atoms with van der Waals surface area (Å²) in [6.07, 6.45) is 7.17. The van der Waals surface area contributed by atoms with Gasteiger partial charge in [-0.05, 0) is 43.0 Å². The number of rotatable bonds is 3. The highest BCUT2D eigenvalue weighted by atomic mass is 19.1. The molecule has 0 saturated heterocycles. The summed E-state index contributed by atoms with van der Waals surface area (Å²) in [6.45, 7) is 3.72. The Morgan fingerprint density at radius 3 is 2.71 bits per heavy atom. The molecule has 3 aromatic rings. The Hall–Kier alpha value is -3.16. The van der Waals surface area contributed by atoms with Gasteiger partial charge in [-0.3, -0.25) is 0 Å². The SMILES string of the molecule is C[C@]12C/C(=C\c3cnc(-c4ccc(-n5ccnc5)cc4O)nn3)[C@H](F)[C@](C)(C[C@@H]1F)C2. The van der Waals surface area contributed by atoms with E-state index in [1.165, 1.54) is 6.20 Å². The van der Waals surface area contributed by atoms with Gasteiger partial charge in [0, 0.05) is 29.3 Å². The van der Waals surface area contributed by atoms with Crippen molar-refractivity contribution in [2.45, 2.75) is 45.5 Å². The zero-order valence-corrected chi connectivity index (χ0v) is 17.3. The maximum atomic E-state index is 15.2. The molecule has 0 amide bonds. The van der Waals surface area contributed by atoms with Crippen molar-refractivity contribution in [1.82, 2.24) is 24.7 Å². The van der Waals surface area contributed by atoms with Gasteiger partial charge in [-0.1, -0.05) is 13.8 Å². The van der Waals surface area contributed by atoms with Gasteiger partial charge in [0.15, 0.2) is 5.82 Å². The molecule has 4 atom stereocenters. The number of halogens is 2. The van der Waals surface area contributed by atoms with E-state index in [1.807, 2.05) is 19.9 Å². The van der Waals surface area contributed by atoms with Gasteiger partial charge in [0.2, 0.25) is 0 Å². The maximum absolute atomic E-state index is 15.2. The highest BCUT2D eigenvalue weighted by Gasteiger charge is 2.59. The number of nitrogens with zero attached hydrogens (tertiary/aromatic N) is 5. The van der Waals surface area contributed by atoms with Crippen LogP contribution in [0.2, 0.25) is 0 Å². The van der Waals surface area contributed by atoms with Gasteiger partial charge < -0.3 is 9.67 Å². The Bertz CT molecular complexity index is 1150. The highest BCUT2D eigenvalue weighted by Crippen LogP contribution is 2.61. The molecule has 2 heterocycles. The number of aromatic nitrogens is 5. The molecule has 5 rings (SSSR count). The van der Waals surface area contributed by atoms with Crippen LogP contribution in [0.3, 0.4) is 0 Å². The number of fused-ring (bicyclic) bond motifs is 2. The lowest BCUT2D eigenvalue weighted by Crippen LogP contribution is -2.36. The lowest BCUT2D eigenvalue weighted by molar-refractivity contribution is 0.0978. The smallest absolute Gasteiger partial charge is 0.185 e. The van der Waals surface area contributed by atoms with Crippen LogP contribution in [0, 0.1) is 10.8 Å². The van der Waals surface area contributed by atoms with Crippen LogP contribution >= 0.6 is 0 Å². The number of benzene rings is 1. The monoisotopic (exact) mass is 423 g/mol. The number of phenols is 1. The predicted octanol–water partition coefficient (Wildman–Crippen LogP) is 4.70. The van der Waals surface area contributed by atoms with Crippen molar-refractivity contribution in [1.29, 1.82) is 0 Å². The van der Waals surface area contributed by atoms with Gasteiger partial charge >= 0.3 is 0 Å². The first kappa shape index (κ1) is 19.8. The van der Waals surface area contributed by atoms with E-state index in [4.69, 9.17) is 0 Å². The Morgan fingerprint density at radius 2 is 2.03 bits per heavy atom. The summed E-state index contributed by atoms with van der Waals surface area (Å²) in [7, 11) is 0. The lowest BCUT2D eigenvalue weighted by Gasteiger charge is -2.39. The second kappa shape index (κ2) is 6.93. The minimum atomic E-state index is -1.21. The summed E-state index contributed by atoms with van der Waals surface area (Å²) in [5.74, 6) is 0.279. The fourth-order valence-corrected chi connectivity index (χ4v) is 5.20. The fraction of sp³-hybridized carbons (Fsp3) is 0.391. The molecule has 1 N–H and O–H groups in total. The van der Waals surface area contributed by atoms with Crippen molar-refractivity contribution >= 4 is 6.08 Å². The van der Waals surface area contributed by atoms with Gasteiger partial charge in [0.1, 0.15) is 23.8 Å². The van der Waals surface area contributed by atoms with Crippen LogP contribution in [0.25, 0.3) is 23.2 Å². The van der Waals surface area contributed by atoms with E-state index < -0.39 is 23.2 Å². The molecule has 31 heavy (non-hydrogen) atoms. The molecule has 2 bridgehead atoms. The van der Waals surface area contributed by atoms with Gasteiger partial charge in [-0.25, -0.2) is 18.7 Å². The van der Waals surface area contributed by atoms with Crippen molar-refractivity contribution in [3.05, 3.63) is 54.4 Å². The van der Waals surface area contributed by atoms with Gasteiger partial charge in [0.25, 0.3) is 0 Å². The third kappa shape index (κ3) is 3.30. The second-order valence-electron chi connectivity index (χ2n) is 9.29. The first-order chi connectivity index (χ1) is 14.8. The van der Waals surface area contributed by atoms with E-state index in [9.17, 15) is 9.50 Å². The molecule has 0 spiro atoms. The number of imidazole rings is 1. The molecule has 0 aliphatic heterocycles. The molecule has 2 aliphatic rings. The molecule has 160 valence electrons. The molecule has 1 aromatic carbocycles. The van der Waals surface area contributed by atoms with Crippen LogP contribution in [0.15, 0.2) is 48.7 Å². The van der Waals surface area contributed by atoms with Gasteiger partial charge in [-0.2, -0.15) is 0 Å². The molecule has 2 aromatic heterocycles. The fourth-order valence-electron chi connectivity index (χ4n) is 5.20. The molecule has 2 fully saturated rings. The van der Waals surface area contributed by atoms with Crippen LogP contribution in [-0.2, 0) is 0 Å². The van der Waals surface area contributed by atoms with E-state index in [2.05, 4.69) is 20.2 Å². The molecule has 0 unspecified atom stereocenters. The molecular formula is C23H23F2N5O. The average Bonchev–Trinajstić information content (AvgIpc) is 3.33. The topological polar surface area (TPSA) is 76.7 Å². The van der Waals surface area contributed by atoms with Crippen LogP contribution in [-0.4, -0.2) is 42.2 Å². The summed E-state index contributed by atoms with van der Waals surface area (Å²) >= 11 is 0. The third-order valence-corrected chi connectivity index (χ3v) is 6.69. The Morgan fingerprint density at radius 1 is 1.19 bits per heavy atom. The van der Waals surface area contributed by atoms with Crippen LogP contribution < -0.4 is 0 Å². The summed E-state index contributed by atoms with van der Waals surface area (Å²) in [5, 5.41) is 18.7. The number of allylic oxidation sites excluding steroid dienone is 1. The molecular weight excluding hydrogens is 400 g/mol. The minimum absolute atomic E-state index is 0.0154. The zero-order valence-electron chi connectivity index (χ0n) is 17.3. The minimum Gasteiger partial charge on any atom is -0.507 e. The quantitative estimate of drug-likeness (QED) is 0.661. The van der Waals surface area contributed by atoms with Crippen molar-refractivity contribution < 1.29 is 13.9 Å². The Kier molecular flexibility index (Phi) is 4.42. The second-order valence-corrected chi connectivity index (χ2v) is 9.29. The standard InChI is InChI=1S/C23H23F2N5O/c1-22-9-14(20(25)23(2,12-22)10-19(22)24)7-15-11-27-21(29-28-15)17-4-3-16(8-18(17)31)30-6-5-26-13-30/h3-8,11,13,19-20,31H,9-10,12H2,1-2H3/b14-7+/t19-,20-,22+,23+/m0/s1. The molecule has 2 saturated carbocycles. The van der Waals surface area contributed by atoms with E-state index >= 15 is 4.39 Å². The number of hydrogen-bond donors (Lipinski definition) is 1. The van der Waals surface area contributed by atoms with Crippen molar-refractivity contribution in [3.63, 3.8) is 0 Å². The summed E-state index contributed by atoms with van der Waals surface area (Å²) < 4.78 is 31.5. The van der Waals surface area contributed by atoms with Crippen LogP contribution in [0.4, 0.5) is 8.78 Å². The van der Waals surface area contributed by atoms with E-state index in [-0.39, 0.29) is 18.0 Å². The molecule has 8 heteroatoms. The third-order valence-electron chi connectivity index (χ3n) is 6.69. The Balaban J connectivity index is 1.41. The summed E-state index contributed by atoms with van der Waals surface area (Å²) in [5.41, 5.74) is 0.943. The summed E-state index contributed by atoms with van der Waals surface area (Å²) in [6, 6.07) is 5.12. The van der Waals surface area contributed by atoms with E-state index in [0.717, 1.165) is 5.69 Å². The summed E-state index contributed by atoms with van der Waals surface area (Å²) in [4.78, 5) is 8.29. The van der Waals surface area contributed by atoms with Crippen LogP contribution in [0.1, 0.15) is 38.8 Å². The first-order valence-electron chi connectivity index (χ1n) is 10.3. The van der Waals surface area contributed by atoms with Gasteiger partial charge in [-0.15, -0.1) is 10.2 Å². The highest BCUT2D eigenvalue weighted by molar-refractivity contribution is 5.66. The van der Waals surface area contributed by atoms with Crippen molar-refractivity contribution in [3.8, 4) is 22.8 Å². The van der Waals surface area contributed by atoms with E-state index in [0.29, 0.717) is 29.7 Å². The van der Waals surface area contributed by atoms with Crippen molar-refractivity contribution in [2.24, 2.45) is 10.8 Å². The van der Waals surface area contributed by atoms with Gasteiger partial charge in [0.05, 0.1) is 23.8 Å². The maximum Gasteiger partial charge on any atom is 0.185 e. The average molecular weight is 423 g/mol. The molecule has 6 nitrogen and oxygen atoms in total. The normalized spacial score (nSPS) is 31.3. The number of alkyl halides is 2. The predicted molar refractivity (Wildman–Crippen MR) is 112 cm³/mol. The lowest BCUT2D eigenvalue weighted by atomic mass is 9.67. The number of hydrogen-bond acceptors (Lipinski definition) is 5. The van der Waals surface area contributed by atoms with Crippen LogP contribution in [0.5, 0.6) is 5.75 Å². The molecule has 0 radical (unpaired) electrons. The van der Waals surface area contributed by atoms with E-state index in [1.54, 1.807) is 41.5 Å². The van der Waals surface area contributed by atoms with Crippen molar-refractivity contribution in [2.75, 3.05) is 0 Å². The Labute approximate surface area is 178 Å². The molecule has 2 aliphatic carbocycles. The number of phenolic OH excluding ortho intramolecular Hbond substituents is 1. The largest absolute Gasteiger partial charge is 0.507 e.